The molecular formula is C19H19BrN2O3. The highest BCUT2D eigenvalue weighted by atomic mass is 79.9. The van der Waals surface area contributed by atoms with E-state index in [1.54, 1.807) is 36.0 Å². The third-order valence-corrected chi connectivity index (χ3v) is 4.86. The lowest BCUT2D eigenvalue weighted by atomic mass is 10.1. The van der Waals surface area contributed by atoms with Crippen LogP contribution in [0.5, 0.6) is 5.75 Å². The first-order valence-electron chi connectivity index (χ1n) is 8.04. The molecule has 1 aliphatic rings. The lowest BCUT2D eigenvalue weighted by Crippen LogP contribution is -2.57. The van der Waals surface area contributed by atoms with E-state index in [4.69, 9.17) is 4.74 Å². The molecule has 1 saturated heterocycles. The minimum absolute atomic E-state index is 0.112. The maximum absolute atomic E-state index is 12.9. The number of rotatable bonds is 3. The molecule has 0 aromatic heterocycles. The number of carbonyl (C=O) groups is 2. The van der Waals surface area contributed by atoms with Gasteiger partial charge < -0.3 is 14.5 Å². The van der Waals surface area contributed by atoms with Gasteiger partial charge >= 0.3 is 0 Å². The Hall–Kier alpha value is -2.34. The summed E-state index contributed by atoms with van der Waals surface area (Å²) in [5, 5.41) is 0. The first-order chi connectivity index (χ1) is 12.0. The van der Waals surface area contributed by atoms with E-state index >= 15 is 0 Å². The minimum atomic E-state index is -0.537. The maximum Gasteiger partial charge on any atom is 0.254 e. The molecular weight excluding hydrogens is 384 g/mol. The molecule has 0 aliphatic carbocycles. The molecule has 0 bridgehead atoms. The van der Waals surface area contributed by atoms with Gasteiger partial charge in [-0.15, -0.1) is 0 Å². The molecule has 130 valence electrons. The molecule has 0 N–H and O–H groups in total. The van der Waals surface area contributed by atoms with Crippen molar-refractivity contribution in [2.24, 2.45) is 0 Å². The van der Waals surface area contributed by atoms with Gasteiger partial charge in [-0.2, -0.15) is 0 Å². The first-order valence-corrected chi connectivity index (χ1v) is 8.83. The monoisotopic (exact) mass is 402 g/mol. The first kappa shape index (κ1) is 17.5. The number of carbonyl (C=O) groups excluding carboxylic acids is 2. The van der Waals surface area contributed by atoms with Gasteiger partial charge in [0.25, 0.3) is 5.91 Å². The van der Waals surface area contributed by atoms with Crippen molar-refractivity contribution in [3.05, 3.63) is 58.6 Å². The van der Waals surface area contributed by atoms with Crippen molar-refractivity contribution in [1.82, 2.24) is 4.90 Å². The van der Waals surface area contributed by atoms with Crippen LogP contribution in [-0.2, 0) is 4.79 Å². The summed E-state index contributed by atoms with van der Waals surface area (Å²) in [6.07, 6.45) is 0. The number of nitrogens with zero attached hydrogens (tertiary/aromatic N) is 2. The number of ether oxygens (including phenoxy) is 1. The molecule has 1 heterocycles. The van der Waals surface area contributed by atoms with Crippen LogP contribution in [-0.4, -0.2) is 43.0 Å². The summed E-state index contributed by atoms with van der Waals surface area (Å²) < 4.78 is 6.20. The average molecular weight is 403 g/mol. The van der Waals surface area contributed by atoms with E-state index in [9.17, 15) is 9.59 Å². The minimum Gasteiger partial charge on any atom is -0.495 e. The number of methoxy groups -OCH3 is 1. The number of hydrogen-bond acceptors (Lipinski definition) is 3. The molecule has 2 aromatic rings. The normalized spacial score (nSPS) is 17.6. The SMILES string of the molecule is COc1ccccc1N1CCN(C(=O)c2cccc(Br)c2)C(C)C1=O. The lowest BCUT2D eigenvalue weighted by Gasteiger charge is -2.39. The fraction of sp³-hybridized carbons (Fsp3) is 0.263. The standard InChI is InChI=1S/C19H19BrN2O3/c1-13-18(23)22(16-8-3-4-9-17(16)25-2)11-10-21(13)19(24)14-6-5-7-15(20)12-14/h3-9,12-13H,10-11H2,1-2H3. The topological polar surface area (TPSA) is 49.9 Å². The molecule has 1 aliphatic heterocycles. The third-order valence-electron chi connectivity index (χ3n) is 4.36. The number of hydrogen-bond donors (Lipinski definition) is 0. The van der Waals surface area contributed by atoms with Crippen molar-refractivity contribution < 1.29 is 14.3 Å². The Morgan fingerprint density at radius 2 is 1.92 bits per heavy atom. The third kappa shape index (κ3) is 3.39. The van der Waals surface area contributed by atoms with E-state index in [2.05, 4.69) is 15.9 Å². The molecule has 5 nitrogen and oxygen atoms in total. The van der Waals surface area contributed by atoms with Gasteiger partial charge in [-0.25, -0.2) is 0 Å². The van der Waals surface area contributed by atoms with Crippen molar-refractivity contribution in [3.8, 4) is 5.75 Å². The molecule has 2 aromatic carbocycles. The number of piperazine rings is 1. The van der Waals surface area contributed by atoms with Crippen LogP contribution >= 0.6 is 15.9 Å². The molecule has 3 rings (SSSR count). The maximum atomic E-state index is 12.9. The van der Waals surface area contributed by atoms with E-state index < -0.39 is 6.04 Å². The zero-order chi connectivity index (χ0) is 18.0. The van der Waals surface area contributed by atoms with Crippen LogP contribution in [0.4, 0.5) is 5.69 Å². The summed E-state index contributed by atoms with van der Waals surface area (Å²) in [4.78, 5) is 29.0. The van der Waals surface area contributed by atoms with Crippen LogP contribution in [0.3, 0.4) is 0 Å². The second kappa shape index (κ2) is 7.27. The van der Waals surface area contributed by atoms with Crippen molar-refractivity contribution in [2.75, 3.05) is 25.1 Å². The molecule has 0 saturated carbocycles. The Balaban J connectivity index is 1.83. The van der Waals surface area contributed by atoms with E-state index in [0.717, 1.165) is 10.2 Å². The van der Waals surface area contributed by atoms with Gasteiger partial charge in [0, 0.05) is 23.1 Å². The van der Waals surface area contributed by atoms with Gasteiger partial charge in [0.2, 0.25) is 5.91 Å². The van der Waals surface area contributed by atoms with Crippen LogP contribution in [0.15, 0.2) is 53.0 Å². The number of para-hydroxylation sites is 2. The number of anilines is 1. The van der Waals surface area contributed by atoms with Gasteiger partial charge in [-0.05, 0) is 37.3 Å². The summed E-state index contributed by atoms with van der Waals surface area (Å²) in [6, 6.07) is 14.1. The molecule has 1 unspecified atom stereocenters. The quantitative estimate of drug-likeness (QED) is 0.790. The van der Waals surface area contributed by atoms with Crippen LogP contribution in [0, 0.1) is 0 Å². The zero-order valence-electron chi connectivity index (χ0n) is 14.1. The Morgan fingerprint density at radius 3 is 2.64 bits per heavy atom. The Bertz CT molecular complexity index is 809. The highest BCUT2D eigenvalue weighted by molar-refractivity contribution is 9.10. The second-order valence-electron chi connectivity index (χ2n) is 5.85. The molecule has 1 atom stereocenters. The average Bonchev–Trinajstić information content (AvgIpc) is 2.63. The van der Waals surface area contributed by atoms with Crippen LogP contribution in [0.2, 0.25) is 0 Å². The van der Waals surface area contributed by atoms with Crippen molar-refractivity contribution in [1.29, 1.82) is 0 Å². The molecule has 6 heteroatoms. The smallest absolute Gasteiger partial charge is 0.254 e. The summed E-state index contributed by atoms with van der Waals surface area (Å²) in [7, 11) is 1.58. The summed E-state index contributed by atoms with van der Waals surface area (Å²) in [5.74, 6) is 0.399. The highest BCUT2D eigenvalue weighted by Gasteiger charge is 2.36. The van der Waals surface area contributed by atoms with Gasteiger partial charge in [-0.1, -0.05) is 34.1 Å². The van der Waals surface area contributed by atoms with Gasteiger partial charge in [0.15, 0.2) is 0 Å². The largest absolute Gasteiger partial charge is 0.495 e. The summed E-state index contributed by atoms with van der Waals surface area (Å²) in [5.41, 5.74) is 1.30. The van der Waals surface area contributed by atoms with Gasteiger partial charge in [0.1, 0.15) is 11.8 Å². The molecule has 2 amide bonds. The van der Waals surface area contributed by atoms with E-state index in [-0.39, 0.29) is 11.8 Å². The Labute approximate surface area is 155 Å². The van der Waals surface area contributed by atoms with Crippen LogP contribution in [0.25, 0.3) is 0 Å². The van der Waals surface area contributed by atoms with E-state index in [1.165, 1.54) is 0 Å². The number of halogens is 1. The fourth-order valence-corrected chi connectivity index (χ4v) is 3.43. The summed E-state index contributed by atoms with van der Waals surface area (Å²) >= 11 is 3.38. The van der Waals surface area contributed by atoms with Gasteiger partial charge in [0.05, 0.1) is 12.8 Å². The lowest BCUT2D eigenvalue weighted by molar-refractivity contribution is -0.124. The van der Waals surface area contributed by atoms with Crippen LogP contribution in [0.1, 0.15) is 17.3 Å². The second-order valence-corrected chi connectivity index (χ2v) is 6.76. The number of amides is 2. The van der Waals surface area contributed by atoms with Crippen LogP contribution < -0.4 is 9.64 Å². The van der Waals surface area contributed by atoms with Crippen molar-refractivity contribution >= 4 is 33.4 Å². The Morgan fingerprint density at radius 1 is 1.16 bits per heavy atom. The van der Waals surface area contributed by atoms with Crippen molar-refractivity contribution in [2.45, 2.75) is 13.0 Å². The zero-order valence-corrected chi connectivity index (χ0v) is 15.7. The summed E-state index contributed by atoms with van der Waals surface area (Å²) in [6.45, 7) is 2.67. The molecule has 0 radical (unpaired) electrons. The highest BCUT2D eigenvalue weighted by Crippen LogP contribution is 2.30. The fourth-order valence-electron chi connectivity index (χ4n) is 3.03. The predicted octanol–water partition coefficient (Wildman–Crippen LogP) is 3.34. The molecule has 0 spiro atoms. The van der Waals surface area contributed by atoms with Gasteiger partial charge in [-0.3, -0.25) is 9.59 Å². The predicted molar refractivity (Wildman–Crippen MR) is 100.0 cm³/mol. The molecule has 1 fully saturated rings. The molecule has 25 heavy (non-hydrogen) atoms. The van der Waals surface area contributed by atoms with E-state index in [0.29, 0.717) is 24.4 Å². The Kier molecular flexibility index (Phi) is 5.08. The van der Waals surface area contributed by atoms with Crippen molar-refractivity contribution in [3.63, 3.8) is 0 Å². The number of benzene rings is 2. The van der Waals surface area contributed by atoms with E-state index in [1.807, 2.05) is 36.4 Å².